The molecule has 4 nitrogen and oxygen atoms in total. The van der Waals surface area contributed by atoms with E-state index < -0.39 is 36.7 Å². The zero-order chi connectivity index (χ0) is 13.1. The summed E-state index contributed by atoms with van der Waals surface area (Å²) in [5, 5.41) is 17.7. The highest BCUT2D eigenvalue weighted by Crippen LogP contribution is 2.31. The Morgan fingerprint density at radius 3 is 2.53 bits per heavy atom. The molecule has 0 amide bonds. The highest BCUT2D eigenvalue weighted by Gasteiger charge is 2.33. The summed E-state index contributed by atoms with van der Waals surface area (Å²) < 4.78 is 52.0. The molecule has 0 spiro atoms. The van der Waals surface area contributed by atoms with Crippen molar-refractivity contribution in [3.8, 4) is 17.7 Å². The van der Waals surface area contributed by atoms with Crippen LogP contribution in [-0.2, 0) is 13.1 Å². The van der Waals surface area contributed by atoms with Crippen LogP contribution in [0.25, 0.3) is 0 Å². The normalized spacial score (nSPS) is 11.0. The lowest BCUT2D eigenvalue weighted by Gasteiger charge is -2.13. The maximum absolute atomic E-state index is 12.6. The van der Waals surface area contributed by atoms with Crippen molar-refractivity contribution < 1.29 is 27.4 Å². The molecule has 0 aliphatic carbocycles. The third-order valence-electron chi connectivity index (χ3n) is 1.84. The molecule has 1 aromatic heterocycles. The van der Waals surface area contributed by atoms with E-state index in [0.717, 1.165) is 0 Å². The molecule has 1 N–H and O–H groups in total. The average Bonchev–Trinajstić information content (AvgIpc) is 2.21. The second-order valence-electron chi connectivity index (χ2n) is 2.92. The van der Waals surface area contributed by atoms with E-state index in [-0.39, 0.29) is 5.56 Å². The van der Waals surface area contributed by atoms with Gasteiger partial charge in [0.2, 0.25) is 5.88 Å². The molecule has 92 valence electrons. The topological polar surface area (TPSA) is 66.1 Å². The number of hydrogen-bond donors (Lipinski definition) is 1. The van der Waals surface area contributed by atoms with E-state index in [0.29, 0.717) is 6.20 Å². The van der Waals surface area contributed by atoms with Gasteiger partial charge < -0.3 is 9.84 Å². The van der Waals surface area contributed by atoms with Gasteiger partial charge in [-0.25, -0.2) is 9.37 Å². The molecule has 0 atom stereocenters. The van der Waals surface area contributed by atoms with Crippen molar-refractivity contribution in [2.45, 2.75) is 19.5 Å². The molecule has 0 fully saturated rings. The molecule has 0 aliphatic rings. The number of aromatic nitrogens is 1. The lowest BCUT2D eigenvalue weighted by Crippen LogP contribution is -2.19. The second kappa shape index (κ2) is 4.86. The Morgan fingerprint density at radius 2 is 2.06 bits per heavy atom. The summed E-state index contributed by atoms with van der Waals surface area (Å²) in [6.07, 6.45) is -4.79. The Hall–Kier alpha value is -2.04. The molecule has 0 unspecified atom stereocenters. The third kappa shape index (κ3) is 3.21. The van der Waals surface area contributed by atoms with Gasteiger partial charge in [0.1, 0.15) is 12.4 Å². The van der Waals surface area contributed by atoms with Gasteiger partial charge in [0.15, 0.2) is 0 Å². The zero-order valence-corrected chi connectivity index (χ0v) is 8.25. The summed E-state index contributed by atoms with van der Waals surface area (Å²) in [7, 11) is 0. The van der Waals surface area contributed by atoms with Crippen molar-refractivity contribution in [1.29, 1.82) is 5.26 Å². The van der Waals surface area contributed by atoms with E-state index in [2.05, 4.69) is 9.72 Å². The summed E-state index contributed by atoms with van der Waals surface area (Å²) >= 11 is 0. The Balaban J connectivity index is 3.24. The highest BCUT2D eigenvalue weighted by atomic mass is 19.4. The van der Waals surface area contributed by atoms with Crippen molar-refractivity contribution in [2.75, 3.05) is 0 Å². The van der Waals surface area contributed by atoms with Crippen LogP contribution in [0.15, 0.2) is 6.20 Å². The SMILES string of the molecule is N#CCc1c(O)cnc(OC(F)(F)F)c1CF. The molecule has 0 radical (unpaired) electrons. The predicted octanol–water partition coefficient (Wildman–Crippen LogP) is 2.22. The Labute approximate surface area is 93.1 Å². The van der Waals surface area contributed by atoms with Crippen LogP contribution in [0.4, 0.5) is 17.6 Å². The number of ether oxygens (including phenoxy) is 1. The number of hydrogen-bond acceptors (Lipinski definition) is 4. The van der Waals surface area contributed by atoms with Gasteiger partial charge in [-0.15, -0.1) is 13.2 Å². The fourth-order valence-electron chi connectivity index (χ4n) is 1.17. The Morgan fingerprint density at radius 1 is 1.41 bits per heavy atom. The first-order valence-corrected chi connectivity index (χ1v) is 4.27. The van der Waals surface area contributed by atoms with Crippen molar-refractivity contribution >= 4 is 0 Å². The third-order valence-corrected chi connectivity index (χ3v) is 1.84. The van der Waals surface area contributed by atoms with Gasteiger partial charge in [-0.3, -0.25) is 0 Å². The van der Waals surface area contributed by atoms with Gasteiger partial charge in [0.25, 0.3) is 0 Å². The summed E-state index contributed by atoms with van der Waals surface area (Å²) in [6, 6.07) is 1.60. The van der Waals surface area contributed by atoms with E-state index >= 15 is 0 Å². The average molecular weight is 250 g/mol. The molecule has 0 aromatic carbocycles. The van der Waals surface area contributed by atoms with Gasteiger partial charge in [0.05, 0.1) is 24.3 Å². The summed E-state index contributed by atoms with van der Waals surface area (Å²) in [5.74, 6) is -1.54. The van der Waals surface area contributed by atoms with E-state index in [1.54, 1.807) is 6.07 Å². The fourth-order valence-corrected chi connectivity index (χ4v) is 1.17. The predicted molar refractivity (Wildman–Crippen MR) is 46.7 cm³/mol. The number of nitriles is 1. The minimum atomic E-state index is -5.02. The summed E-state index contributed by atoms with van der Waals surface area (Å²) in [5.41, 5.74) is -0.840. The van der Waals surface area contributed by atoms with Crippen molar-refractivity contribution in [3.63, 3.8) is 0 Å². The number of pyridine rings is 1. The van der Waals surface area contributed by atoms with Crippen LogP contribution < -0.4 is 4.74 Å². The molecular weight excluding hydrogens is 244 g/mol. The van der Waals surface area contributed by atoms with Crippen molar-refractivity contribution in [2.24, 2.45) is 0 Å². The largest absolute Gasteiger partial charge is 0.574 e. The van der Waals surface area contributed by atoms with Crippen LogP contribution >= 0.6 is 0 Å². The van der Waals surface area contributed by atoms with Crippen LogP contribution in [-0.4, -0.2) is 16.5 Å². The van der Waals surface area contributed by atoms with Crippen LogP contribution in [0, 0.1) is 11.3 Å². The molecule has 1 aromatic rings. The van der Waals surface area contributed by atoms with Crippen LogP contribution in [0.1, 0.15) is 11.1 Å². The quantitative estimate of drug-likeness (QED) is 0.835. The molecule has 0 saturated carbocycles. The second-order valence-corrected chi connectivity index (χ2v) is 2.92. The Kier molecular flexibility index (Phi) is 3.73. The van der Waals surface area contributed by atoms with Gasteiger partial charge in [-0.1, -0.05) is 0 Å². The van der Waals surface area contributed by atoms with Crippen LogP contribution in [0.5, 0.6) is 11.6 Å². The van der Waals surface area contributed by atoms with Gasteiger partial charge in [0, 0.05) is 5.56 Å². The minimum Gasteiger partial charge on any atom is -0.506 e. The molecular formula is C9H6F4N2O2. The molecule has 1 heterocycles. The maximum Gasteiger partial charge on any atom is 0.574 e. The molecule has 0 saturated heterocycles. The number of alkyl halides is 4. The molecule has 8 heteroatoms. The fraction of sp³-hybridized carbons (Fsp3) is 0.333. The number of rotatable bonds is 3. The molecule has 1 rings (SSSR count). The maximum atomic E-state index is 12.6. The van der Waals surface area contributed by atoms with E-state index in [1.807, 2.05) is 0 Å². The first kappa shape index (κ1) is 13.0. The number of aromatic hydroxyl groups is 1. The zero-order valence-electron chi connectivity index (χ0n) is 8.25. The monoisotopic (exact) mass is 250 g/mol. The first-order valence-electron chi connectivity index (χ1n) is 4.27. The van der Waals surface area contributed by atoms with Crippen LogP contribution in [0.3, 0.4) is 0 Å². The van der Waals surface area contributed by atoms with Crippen LogP contribution in [0.2, 0.25) is 0 Å². The van der Waals surface area contributed by atoms with Crippen molar-refractivity contribution in [3.05, 3.63) is 17.3 Å². The number of halogens is 4. The molecule has 0 bridgehead atoms. The summed E-state index contributed by atoms with van der Waals surface area (Å²) in [6.45, 7) is -1.33. The van der Waals surface area contributed by atoms with Gasteiger partial charge in [-0.2, -0.15) is 5.26 Å². The van der Waals surface area contributed by atoms with Gasteiger partial charge in [-0.05, 0) is 0 Å². The first-order chi connectivity index (χ1) is 7.89. The number of nitrogens with zero attached hydrogens (tertiary/aromatic N) is 2. The minimum absolute atomic E-state index is 0.260. The highest BCUT2D eigenvalue weighted by molar-refractivity contribution is 5.44. The van der Waals surface area contributed by atoms with E-state index in [4.69, 9.17) is 5.26 Å². The van der Waals surface area contributed by atoms with E-state index in [9.17, 15) is 22.7 Å². The standard InChI is InChI=1S/C9H6F4N2O2/c10-3-6-5(1-2-14)7(16)4-15-8(6)17-9(11,12)13/h4,16H,1,3H2. The van der Waals surface area contributed by atoms with Crippen molar-refractivity contribution in [1.82, 2.24) is 4.98 Å². The smallest absolute Gasteiger partial charge is 0.506 e. The molecule has 17 heavy (non-hydrogen) atoms. The lowest BCUT2D eigenvalue weighted by atomic mass is 10.1. The summed E-state index contributed by atoms with van der Waals surface area (Å²) in [4.78, 5) is 3.14. The van der Waals surface area contributed by atoms with Gasteiger partial charge >= 0.3 is 6.36 Å². The molecule has 0 aliphatic heterocycles. The lowest BCUT2D eigenvalue weighted by molar-refractivity contribution is -0.276. The Bertz CT molecular complexity index is 454. The van der Waals surface area contributed by atoms with E-state index in [1.165, 1.54) is 0 Å².